The van der Waals surface area contributed by atoms with E-state index in [4.69, 9.17) is 0 Å². The van der Waals surface area contributed by atoms with Crippen LogP contribution in [0, 0.1) is 0 Å². The van der Waals surface area contributed by atoms with Crippen LogP contribution in [0.5, 0.6) is 0 Å². The molecule has 0 N–H and O–H groups in total. The van der Waals surface area contributed by atoms with E-state index < -0.39 is 0 Å². The predicted molar refractivity (Wildman–Crippen MR) is 117 cm³/mol. The molecule has 0 aliphatic carbocycles. The maximum absolute atomic E-state index is 4.62. The molecule has 0 radical (unpaired) electrons. The van der Waals surface area contributed by atoms with Crippen molar-refractivity contribution in [3.8, 4) is 22.5 Å². The fourth-order valence-electron chi connectivity index (χ4n) is 3.73. The maximum Gasteiger partial charge on any atom is 0.429 e. The minimum atomic E-state index is 0.661. The summed E-state index contributed by atoms with van der Waals surface area (Å²) in [6, 6.07) is 23.9. The van der Waals surface area contributed by atoms with Crippen LogP contribution in [0.4, 0.5) is 0 Å². The van der Waals surface area contributed by atoms with Gasteiger partial charge in [-0.2, -0.15) is 0 Å². The standard InChI is InChI=1S/C24H18N8/c1-3-9-19(10-4-1)21-17-29-15-7-13-25-23(29)31(21)27-28-32-22(20-11-5-2-6-12-20)18-30-16-8-14-26-24(30)32/h1-18H/q+2. The summed E-state index contributed by atoms with van der Waals surface area (Å²) in [7, 11) is 0. The summed E-state index contributed by atoms with van der Waals surface area (Å²) in [5.41, 5.74) is 3.80. The largest absolute Gasteiger partial charge is 0.429 e. The van der Waals surface area contributed by atoms with Gasteiger partial charge in [-0.3, -0.25) is 0 Å². The molecule has 0 spiro atoms. The topological polar surface area (TPSA) is 68.6 Å². The maximum atomic E-state index is 4.62. The van der Waals surface area contributed by atoms with Crippen LogP contribution in [0.15, 0.2) is 120 Å². The Labute approximate surface area is 183 Å². The quantitative estimate of drug-likeness (QED) is 0.324. The molecular weight excluding hydrogens is 400 g/mol. The third-order valence-corrected chi connectivity index (χ3v) is 5.22. The smallest absolute Gasteiger partial charge is 0.203 e. The molecule has 6 rings (SSSR count). The van der Waals surface area contributed by atoms with Crippen molar-refractivity contribution >= 4 is 11.6 Å². The Morgan fingerprint density at radius 3 is 1.44 bits per heavy atom. The van der Waals surface area contributed by atoms with Crippen LogP contribution < -0.4 is 8.80 Å². The highest BCUT2D eigenvalue weighted by atomic mass is 15.6. The summed E-state index contributed by atoms with van der Waals surface area (Å²) < 4.78 is 7.34. The molecule has 0 saturated carbocycles. The van der Waals surface area contributed by atoms with E-state index in [1.54, 1.807) is 21.7 Å². The van der Waals surface area contributed by atoms with Gasteiger partial charge in [0.05, 0.1) is 12.4 Å². The summed E-state index contributed by atoms with van der Waals surface area (Å²) in [5, 5.41) is 9.23. The minimum Gasteiger partial charge on any atom is -0.203 e. The second kappa shape index (κ2) is 7.51. The Morgan fingerprint density at radius 1 is 0.562 bits per heavy atom. The zero-order valence-corrected chi connectivity index (χ0v) is 17.0. The van der Waals surface area contributed by atoms with E-state index in [0.717, 1.165) is 22.5 Å². The molecular formula is C24H18N8+2. The van der Waals surface area contributed by atoms with Crippen LogP contribution in [-0.2, 0) is 0 Å². The number of fused-ring (bicyclic) bond motifs is 2. The van der Waals surface area contributed by atoms with Crippen molar-refractivity contribution < 1.29 is 8.80 Å². The van der Waals surface area contributed by atoms with E-state index in [-0.39, 0.29) is 0 Å². The fourth-order valence-corrected chi connectivity index (χ4v) is 3.73. The van der Waals surface area contributed by atoms with Crippen LogP contribution in [0.3, 0.4) is 0 Å². The third-order valence-electron chi connectivity index (χ3n) is 5.22. The third kappa shape index (κ3) is 3.02. The molecule has 0 saturated heterocycles. The van der Waals surface area contributed by atoms with Crippen molar-refractivity contribution in [1.82, 2.24) is 19.3 Å². The molecule has 0 atom stereocenters. The zero-order chi connectivity index (χ0) is 21.3. The van der Waals surface area contributed by atoms with Gasteiger partial charge in [-0.25, -0.2) is 8.80 Å². The van der Waals surface area contributed by atoms with Gasteiger partial charge in [0, 0.05) is 33.7 Å². The summed E-state index contributed by atoms with van der Waals surface area (Å²) in [6.45, 7) is 0. The van der Waals surface area contributed by atoms with Gasteiger partial charge in [-0.1, -0.05) is 80.0 Å². The second-order valence-corrected chi connectivity index (χ2v) is 7.22. The van der Waals surface area contributed by atoms with Crippen LogP contribution in [-0.4, -0.2) is 19.3 Å². The normalized spacial score (nSPS) is 11.6. The lowest BCUT2D eigenvalue weighted by atomic mass is 10.2. The van der Waals surface area contributed by atoms with Crippen molar-refractivity contribution in [3.05, 3.63) is 110 Å². The first-order valence-corrected chi connectivity index (χ1v) is 10.2. The van der Waals surface area contributed by atoms with Crippen molar-refractivity contribution in [3.63, 3.8) is 0 Å². The predicted octanol–water partition coefficient (Wildman–Crippen LogP) is 3.57. The Morgan fingerprint density at radius 2 is 1.00 bits per heavy atom. The fraction of sp³-hybridized carbons (Fsp3) is 0. The number of hydrogen-bond donors (Lipinski definition) is 0. The van der Waals surface area contributed by atoms with E-state index in [0.29, 0.717) is 11.6 Å². The van der Waals surface area contributed by atoms with Gasteiger partial charge >= 0.3 is 11.6 Å². The molecule has 0 amide bonds. The Hall–Kier alpha value is -4.72. The molecule has 4 aromatic heterocycles. The molecule has 8 heteroatoms. The summed E-state index contributed by atoms with van der Waals surface area (Å²) in [5.74, 6) is 1.32. The zero-order valence-electron chi connectivity index (χ0n) is 17.0. The van der Waals surface area contributed by atoms with Gasteiger partial charge in [0.2, 0.25) is 0 Å². The molecule has 152 valence electrons. The lowest BCUT2D eigenvalue weighted by Crippen LogP contribution is -2.19. The summed E-state index contributed by atoms with van der Waals surface area (Å²) in [4.78, 5) is 9.02. The van der Waals surface area contributed by atoms with Gasteiger partial charge < -0.3 is 0 Å². The second-order valence-electron chi connectivity index (χ2n) is 7.22. The van der Waals surface area contributed by atoms with Crippen molar-refractivity contribution in [2.24, 2.45) is 10.4 Å². The number of nitrogens with zero attached hydrogens (tertiary/aromatic N) is 8. The molecule has 32 heavy (non-hydrogen) atoms. The average Bonchev–Trinajstić information content (AvgIpc) is 3.42. The lowest BCUT2D eigenvalue weighted by molar-refractivity contribution is -0.513. The van der Waals surface area contributed by atoms with Gasteiger partial charge in [0.25, 0.3) is 0 Å². The molecule has 6 aromatic rings. The van der Waals surface area contributed by atoms with Gasteiger partial charge in [-0.05, 0) is 0 Å². The Bertz CT molecular complexity index is 1450. The van der Waals surface area contributed by atoms with Gasteiger partial charge in [0.15, 0.2) is 11.4 Å². The van der Waals surface area contributed by atoms with Crippen molar-refractivity contribution in [2.75, 3.05) is 0 Å². The highest BCUT2D eigenvalue weighted by molar-refractivity contribution is 5.61. The Balaban J connectivity index is 1.57. The molecule has 0 unspecified atom stereocenters. The van der Waals surface area contributed by atoms with Crippen molar-refractivity contribution in [1.29, 1.82) is 0 Å². The first-order chi connectivity index (χ1) is 15.9. The van der Waals surface area contributed by atoms with E-state index in [1.165, 1.54) is 0 Å². The number of imidazole rings is 2. The van der Waals surface area contributed by atoms with E-state index in [2.05, 4.69) is 20.4 Å². The van der Waals surface area contributed by atoms with Crippen LogP contribution in [0.1, 0.15) is 0 Å². The highest BCUT2D eigenvalue weighted by Crippen LogP contribution is 2.22. The van der Waals surface area contributed by atoms with Gasteiger partial charge in [-0.15, -0.1) is 0 Å². The minimum absolute atomic E-state index is 0.661. The molecule has 0 aliphatic heterocycles. The molecule has 4 heterocycles. The summed E-state index contributed by atoms with van der Waals surface area (Å²) >= 11 is 0. The first kappa shape index (κ1) is 18.1. The van der Waals surface area contributed by atoms with Crippen LogP contribution in [0.25, 0.3) is 34.1 Å². The van der Waals surface area contributed by atoms with Crippen LogP contribution in [0.2, 0.25) is 0 Å². The number of rotatable bonds is 4. The number of hydrogen-bond acceptors (Lipinski definition) is 4. The number of benzene rings is 2. The highest BCUT2D eigenvalue weighted by Gasteiger charge is 2.22. The molecule has 0 aliphatic rings. The number of aromatic nitrogens is 6. The molecule has 0 fully saturated rings. The van der Waals surface area contributed by atoms with E-state index >= 15 is 0 Å². The van der Waals surface area contributed by atoms with Crippen molar-refractivity contribution in [2.45, 2.75) is 0 Å². The monoisotopic (exact) mass is 418 g/mol. The van der Waals surface area contributed by atoms with Crippen LogP contribution >= 0.6 is 0 Å². The average molecular weight is 418 g/mol. The molecule has 0 bridgehead atoms. The van der Waals surface area contributed by atoms with Gasteiger partial charge in [0.1, 0.15) is 24.8 Å². The lowest BCUT2D eigenvalue weighted by Gasteiger charge is -1.97. The van der Waals surface area contributed by atoms with E-state index in [9.17, 15) is 0 Å². The van der Waals surface area contributed by atoms with E-state index in [1.807, 2.05) is 106 Å². The molecule has 2 aromatic carbocycles. The SMILES string of the molecule is c1ccc(-c2c[n+]3cccnc3n2N=Nn2c(-c3ccccc3)c[n+]3cccnc23)cc1. The molecule has 8 nitrogen and oxygen atoms in total. The summed E-state index contributed by atoms with van der Waals surface area (Å²) in [6.07, 6.45) is 11.4. The Kier molecular flexibility index (Phi) is 4.25. The first-order valence-electron chi connectivity index (χ1n) is 10.2.